The lowest BCUT2D eigenvalue weighted by Gasteiger charge is -2.04. The molecule has 4 heteroatoms. The summed E-state index contributed by atoms with van der Waals surface area (Å²) in [7, 11) is 0. The van der Waals surface area contributed by atoms with Gasteiger partial charge in [0.15, 0.2) is 0 Å². The van der Waals surface area contributed by atoms with Gasteiger partial charge in [0.1, 0.15) is 6.29 Å². The molecule has 1 rings (SSSR count). The van der Waals surface area contributed by atoms with E-state index in [0.29, 0.717) is 18.3 Å². The third kappa shape index (κ3) is 2.83. The van der Waals surface area contributed by atoms with E-state index in [9.17, 15) is 4.79 Å². The minimum Gasteiger partial charge on any atom is -0.302 e. The van der Waals surface area contributed by atoms with Crippen molar-refractivity contribution in [2.24, 2.45) is 0 Å². The second-order valence-corrected chi connectivity index (χ2v) is 4.25. The highest BCUT2D eigenvalue weighted by molar-refractivity contribution is 9.10. The summed E-state index contributed by atoms with van der Waals surface area (Å²) in [6.45, 7) is 0. The highest BCUT2D eigenvalue weighted by atomic mass is 79.9. The van der Waals surface area contributed by atoms with Gasteiger partial charge in [0.25, 0.3) is 0 Å². The number of carbonyl (C=O) groups is 1. The van der Waals surface area contributed by atoms with Gasteiger partial charge in [0.2, 0.25) is 0 Å². The van der Waals surface area contributed by atoms with Gasteiger partial charge in [0, 0.05) is 4.47 Å². The third-order valence-corrected chi connectivity index (χ3v) is 2.51. The van der Waals surface area contributed by atoms with Crippen molar-refractivity contribution in [1.29, 1.82) is 5.26 Å². The molecule has 14 heavy (non-hydrogen) atoms. The molecule has 0 N–H and O–H groups in total. The smallest absolute Gasteiger partial charge is 0.138 e. The zero-order chi connectivity index (χ0) is 10.6. The maximum atomic E-state index is 10.4. The lowest BCUT2D eigenvalue weighted by molar-refractivity contribution is -0.107. The van der Waals surface area contributed by atoms with Crippen LogP contribution in [0.4, 0.5) is 0 Å². The van der Waals surface area contributed by atoms with E-state index in [1.54, 1.807) is 12.1 Å². The molecule has 0 saturated heterocycles. The van der Waals surface area contributed by atoms with Crippen molar-refractivity contribution >= 4 is 33.8 Å². The molecule has 72 valence electrons. The van der Waals surface area contributed by atoms with Gasteiger partial charge in [0.05, 0.1) is 17.0 Å². The molecule has 0 radical (unpaired) electrons. The standard InChI is InChI=1S/C10H7BrClNO/c11-9-2-1-7(4-10(12)6-14)8(3-9)5-13/h1-3,6,10H,4H2. The first-order valence-electron chi connectivity index (χ1n) is 3.95. The summed E-state index contributed by atoms with van der Waals surface area (Å²) in [4.78, 5) is 10.4. The van der Waals surface area contributed by atoms with Gasteiger partial charge >= 0.3 is 0 Å². The van der Waals surface area contributed by atoms with E-state index in [4.69, 9.17) is 16.9 Å². The summed E-state index contributed by atoms with van der Waals surface area (Å²) in [5.74, 6) is 0. The van der Waals surface area contributed by atoms with Crippen molar-refractivity contribution in [3.63, 3.8) is 0 Å². The Balaban J connectivity index is 2.98. The number of nitrogens with zero attached hydrogens (tertiary/aromatic N) is 1. The van der Waals surface area contributed by atoms with Crippen LogP contribution < -0.4 is 0 Å². The van der Waals surface area contributed by atoms with Crippen LogP contribution in [0.2, 0.25) is 0 Å². The number of hydrogen-bond acceptors (Lipinski definition) is 2. The lowest BCUT2D eigenvalue weighted by Crippen LogP contribution is -2.05. The Morgan fingerprint density at radius 2 is 2.36 bits per heavy atom. The number of carbonyl (C=O) groups excluding carboxylic acids is 1. The highest BCUT2D eigenvalue weighted by Crippen LogP contribution is 2.18. The Kier molecular flexibility index (Phi) is 4.12. The Hall–Kier alpha value is -0.850. The predicted octanol–water partition coefficient (Wildman–Crippen LogP) is 2.67. The van der Waals surface area contributed by atoms with Crippen LogP contribution in [0.25, 0.3) is 0 Å². The van der Waals surface area contributed by atoms with Crippen LogP contribution in [0, 0.1) is 11.3 Å². The number of alkyl halides is 1. The van der Waals surface area contributed by atoms with E-state index in [1.165, 1.54) is 0 Å². The van der Waals surface area contributed by atoms with Crippen LogP contribution in [0.15, 0.2) is 22.7 Å². The number of rotatable bonds is 3. The quantitative estimate of drug-likeness (QED) is 0.627. The first-order valence-corrected chi connectivity index (χ1v) is 5.18. The molecule has 1 aromatic carbocycles. The van der Waals surface area contributed by atoms with Crippen molar-refractivity contribution in [3.8, 4) is 6.07 Å². The van der Waals surface area contributed by atoms with E-state index in [0.717, 1.165) is 10.0 Å². The van der Waals surface area contributed by atoms with E-state index in [2.05, 4.69) is 22.0 Å². The normalized spacial score (nSPS) is 11.8. The maximum Gasteiger partial charge on any atom is 0.138 e. The van der Waals surface area contributed by atoms with E-state index >= 15 is 0 Å². The first kappa shape index (κ1) is 11.2. The number of aldehydes is 1. The van der Waals surface area contributed by atoms with E-state index in [1.807, 2.05) is 6.07 Å². The lowest BCUT2D eigenvalue weighted by atomic mass is 10.0. The SMILES string of the molecule is N#Cc1cc(Br)ccc1CC(Cl)C=O. The minimum absolute atomic E-state index is 0.390. The largest absolute Gasteiger partial charge is 0.302 e. The fourth-order valence-electron chi connectivity index (χ4n) is 1.09. The van der Waals surface area contributed by atoms with Gasteiger partial charge in [-0.25, -0.2) is 0 Å². The second-order valence-electron chi connectivity index (χ2n) is 2.77. The fourth-order valence-corrected chi connectivity index (χ4v) is 1.62. The van der Waals surface area contributed by atoms with Crippen molar-refractivity contribution in [2.45, 2.75) is 11.8 Å². The summed E-state index contributed by atoms with van der Waals surface area (Å²) in [5.41, 5.74) is 1.34. The summed E-state index contributed by atoms with van der Waals surface area (Å²) < 4.78 is 0.843. The molecule has 0 amide bonds. The fraction of sp³-hybridized carbons (Fsp3) is 0.200. The van der Waals surface area contributed by atoms with Gasteiger partial charge in [-0.15, -0.1) is 11.6 Å². The van der Waals surface area contributed by atoms with E-state index in [-0.39, 0.29) is 0 Å². The van der Waals surface area contributed by atoms with Crippen molar-refractivity contribution in [3.05, 3.63) is 33.8 Å². The number of hydrogen-bond donors (Lipinski definition) is 0. The number of benzene rings is 1. The summed E-state index contributed by atoms with van der Waals surface area (Å²) in [6, 6.07) is 7.39. The van der Waals surface area contributed by atoms with Crippen LogP contribution in [-0.4, -0.2) is 11.7 Å². The zero-order valence-electron chi connectivity index (χ0n) is 7.21. The van der Waals surface area contributed by atoms with Crippen LogP contribution in [-0.2, 0) is 11.2 Å². The maximum absolute atomic E-state index is 10.4. The van der Waals surface area contributed by atoms with Crippen LogP contribution in [0.3, 0.4) is 0 Å². The van der Waals surface area contributed by atoms with Gasteiger partial charge in [-0.3, -0.25) is 0 Å². The monoisotopic (exact) mass is 271 g/mol. The van der Waals surface area contributed by atoms with Gasteiger partial charge in [-0.2, -0.15) is 5.26 Å². The molecule has 0 heterocycles. The number of nitriles is 1. The Morgan fingerprint density at radius 3 is 2.93 bits per heavy atom. The van der Waals surface area contributed by atoms with E-state index < -0.39 is 5.38 Å². The van der Waals surface area contributed by atoms with Crippen molar-refractivity contribution < 1.29 is 4.79 Å². The summed E-state index contributed by atoms with van der Waals surface area (Å²) >= 11 is 8.95. The molecule has 0 fully saturated rings. The molecule has 0 spiro atoms. The Labute approximate surface area is 95.6 Å². The van der Waals surface area contributed by atoms with Crippen LogP contribution in [0.5, 0.6) is 0 Å². The van der Waals surface area contributed by atoms with Gasteiger partial charge in [-0.05, 0) is 24.1 Å². The van der Waals surface area contributed by atoms with Gasteiger partial charge < -0.3 is 4.79 Å². The topological polar surface area (TPSA) is 40.9 Å². The summed E-state index contributed by atoms with van der Waals surface area (Å²) in [6.07, 6.45) is 1.06. The zero-order valence-corrected chi connectivity index (χ0v) is 9.55. The minimum atomic E-state index is -0.566. The molecular formula is C10H7BrClNO. The molecule has 0 saturated carbocycles. The van der Waals surface area contributed by atoms with Crippen LogP contribution >= 0.6 is 27.5 Å². The number of halogens is 2. The highest BCUT2D eigenvalue weighted by Gasteiger charge is 2.08. The predicted molar refractivity (Wildman–Crippen MR) is 58.3 cm³/mol. The summed E-state index contributed by atoms with van der Waals surface area (Å²) in [5, 5.41) is 8.26. The molecule has 0 bridgehead atoms. The molecule has 0 aliphatic heterocycles. The third-order valence-electron chi connectivity index (χ3n) is 1.75. The molecule has 0 aromatic heterocycles. The Bertz CT molecular complexity index is 386. The molecule has 2 nitrogen and oxygen atoms in total. The average Bonchev–Trinajstić information content (AvgIpc) is 2.20. The Morgan fingerprint density at radius 1 is 1.64 bits per heavy atom. The molecule has 1 unspecified atom stereocenters. The molecule has 1 atom stereocenters. The molecule has 0 aliphatic carbocycles. The van der Waals surface area contributed by atoms with Crippen molar-refractivity contribution in [1.82, 2.24) is 0 Å². The average molecular weight is 273 g/mol. The first-order chi connectivity index (χ1) is 6.67. The van der Waals surface area contributed by atoms with Crippen LogP contribution in [0.1, 0.15) is 11.1 Å². The molecular weight excluding hydrogens is 265 g/mol. The molecule has 0 aliphatic rings. The van der Waals surface area contributed by atoms with Crippen molar-refractivity contribution in [2.75, 3.05) is 0 Å². The second kappa shape index (κ2) is 5.14. The molecule has 1 aromatic rings. The van der Waals surface area contributed by atoms with Gasteiger partial charge in [-0.1, -0.05) is 22.0 Å².